The monoisotopic (exact) mass is 496 g/mol. The predicted octanol–water partition coefficient (Wildman–Crippen LogP) is 3.93. The molecule has 1 heterocycles. The Morgan fingerprint density at radius 3 is 2.54 bits per heavy atom. The summed E-state index contributed by atoms with van der Waals surface area (Å²) in [4.78, 5) is 4.87. The van der Waals surface area contributed by atoms with Gasteiger partial charge in [0.25, 0.3) is 0 Å². The van der Waals surface area contributed by atoms with Crippen LogP contribution in [-0.2, 0) is 20.1 Å². The van der Waals surface area contributed by atoms with Crippen molar-refractivity contribution in [1.29, 1.82) is 0 Å². The number of rotatable bonds is 5. The molecule has 0 bridgehead atoms. The minimum atomic E-state index is 0. The number of hydrogen-bond donors (Lipinski definition) is 2. The number of halogens is 1. The highest BCUT2D eigenvalue weighted by molar-refractivity contribution is 14.0. The molecule has 3 rings (SSSR count). The van der Waals surface area contributed by atoms with Crippen LogP contribution in [0.5, 0.6) is 0 Å². The summed E-state index contributed by atoms with van der Waals surface area (Å²) in [7, 11) is 1.99. The van der Waals surface area contributed by atoms with Crippen molar-refractivity contribution in [3.63, 3.8) is 0 Å². The Hall–Kier alpha value is -1.64. The predicted molar refractivity (Wildman–Crippen MR) is 125 cm³/mol. The third-order valence-corrected chi connectivity index (χ3v) is 5.45. The lowest BCUT2D eigenvalue weighted by molar-refractivity contribution is 0.409. The minimum Gasteiger partial charge on any atom is -0.354 e. The van der Waals surface area contributed by atoms with Crippen molar-refractivity contribution in [3.8, 4) is 0 Å². The maximum Gasteiger partial charge on any atom is 0.192 e. The van der Waals surface area contributed by atoms with Crippen molar-refractivity contribution in [2.24, 2.45) is 12.0 Å². The fourth-order valence-corrected chi connectivity index (χ4v) is 3.55. The van der Waals surface area contributed by atoms with Gasteiger partial charge >= 0.3 is 0 Å². The molecule has 1 aromatic carbocycles. The number of aliphatic imine (C=N–C) groups is 1. The number of benzene rings is 1. The van der Waals surface area contributed by atoms with Crippen LogP contribution in [0.4, 0.5) is 0 Å². The fraction of sp³-hybridized carbons (Fsp3) is 0.571. The lowest BCUT2D eigenvalue weighted by Gasteiger charge is -2.25. The molecule has 0 radical (unpaired) electrons. The van der Waals surface area contributed by atoms with Crippen LogP contribution in [-0.4, -0.2) is 26.8 Å². The number of guanidine groups is 1. The van der Waals surface area contributed by atoms with Crippen molar-refractivity contribution in [2.45, 2.75) is 72.0 Å². The first-order valence-electron chi connectivity index (χ1n) is 9.99. The summed E-state index contributed by atoms with van der Waals surface area (Å²) < 4.78 is 2.01. The lowest BCUT2D eigenvalue weighted by Crippen LogP contribution is -2.44. The molecule has 154 valence electrons. The van der Waals surface area contributed by atoms with E-state index in [2.05, 4.69) is 52.9 Å². The Bertz CT molecular complexity index is 792. The number of aromatic nitrogens is 3. The molecule has 0 atom stereocenters. The van der Waals surface area contributed by atoms with Crippen LogP contribution in [0.15, 0.2) is 23.2 Å². The molecule has 1 aliphatic carbocycles. The molecule has 1 saturated carbocycles. The first-order valence-corrected chi connectivity index (χ1v) is 9.99. The molecule has 28 heavy (non-hydrogen) atoms. The fourth-order valence-electron chi connectivity index (χ4n) is 3.55. The van der Waals surface area contributed by atoms with Crippen LogP contribution in [0.25, 0.3) is 0 Å². The first kappa shape index (κ1) is 22.6. The molecule has 6 nitrogen and oxygen atoms in total. The van der Waals surface area contributed by atoms with E-state index >= 15 is 0 Å². The van der Waals surface area contributed by atoms with Gasteiger partial charge in [0.1, 0.15) is 5.82 Å². The van der Waals surface area contributed by atoms with Crippen LogP contribution in [0.2, 0.25) is 0 Å². The highest BCUT2D eigenvalue weighted by Crippen LogP contribution is 2.17. The molecule has 0 spiro atoms. The van der Waals surface area contributed by atoms with E-state index in [-0.39, 0.29) is 24.0 Å². The summed E-state index contributed by atoms with van der Waals surface area (Å²) >= 11 is 0. The van der Waals surface area contributed by atoms with Crippen LogP contribution < -0.4 is 10.6 Å². The normalized spacial score (nSPS) is 15.2. The van der Waals surface area contributed by atoms with Gasteiger partial charge in [-0.3, -0.25) is 0 Å². The zero-order chi connectivity index (χ0) is 19.2. The SMILES string of the molecule is Cc1ccc(CN=C(NCc2nnc(C)n2C)NC2CCCCC2)c(C)c1.I. The Balaban J connectivity index is 0.00000280. The van der Waals surface area contributed by atoms with Crippen LogP contribution in [0.1, 0.15) is 60.4 Å². The number of nitrogens with zero attached hydrogens (tertiary/aromatic N) is 4. The molecule has 1 aliphatic rings. The van der Waals surface area contributed by atoms with Gasteiger partial charge in [0.15, 0.2) is 11.8 Å². The smallest absolute Gasteiger partial charge is 0.192 e. The zero-order valence-corrected chi connectivity index (χ0v) is 19.8. The van der Waals surface area contributed by atoms with Crippen LogP contribution in [0.3, 0.4) is 0 Å². The van der Waals surface area contributed by atoms with E-state index in [0.29, 0.717) is 19.1 Å². The van der Waals surface area contributed by atoms with Crippen LogP contribution >= 0.6 is 24.0 Å². The Labute approximate surface area is 185 Å². The van der Waals surface area contributed by atoms with E-state index in [1.807, 2.05) is 18.5 Å². The average molecular weight is 496 g/mol. The summed E-state index contributed by atoms with van der Waals surface area (Å²) in [5, 5.41) is 15.5. The van der Waals surface area contributed by atoms with Crippen molar-refractivity contribution in [3.05, 3.63) is 46.5 Å². The molecular formula is C21H33IN6. The van der Waals surface area contributed by atoms with Gasteiger partial charge in [0.2, 0.25) is 0 Å². The molecule has 2 aromatic rings. The van der Waals surface area contributed by atoms with Crippen molar-refractivity contribution < 1.29 is 0 Å². The first-order chi connectivity index (χ1) is 13.0. The molecule has 0 unspecified atom stereocenters. The van der Waals surface area contributed by atoms with Gasteiger partial charge in [-0.15, -0.1) is 34.2 Å². The van der Waals surface area contributed by atoms with Crippen LogP contribution in [0, 0.1) is 20.8 Å². The number of aryl methyl sites for hydroxylation is 3. The summed E-state index contributed by atoms with van der Waals surface area (Å²) in [5.74, 6) is 2.69. The van der Waals surface area contributed by atoms with Gasteiger partial charge in [-0.25, -0.2) is 4.99 Å². The van der Waals surface area contributed by atoms with Crippen molar-refractivity contribution in [2.75, 3.05) is 0 Å². The molecule has 1 fully saturated rings. The third-order valence-electron chi connectivity index (χ3n) is 5.45. The number of hydrogen-bond acceptors (Lipinski definition) is 3. The van der Waals surface area contributed by atoms with Crippen molar-refractivity contribution >= 4 is 29.9 Å². The second-order valence-corrected chi connectivity index (χ2v) is 7.65. The van der Waals surface area contributed by atoms with Gasteiger partial charge in [-0.2, -0.15) is 0 Å². The Morgan fingerprint density at radius 1 is 1.14 bits per heavy atom. The Morgan fingerprint density at radius 2 is 1.89 bits per heavy atom. The largest absolute Gasteiger partial charge is 0.354 e. The second kappa shape index (κ2) is 10.8. The van der Waals surface area contributed by atoms with Crippen molar-refractivity contribution in [1.82, 2.24) is 25.4 Å². The molecule has 0 aliphatic heterocycles. The molecule has 1 aromatic heterocycles. The quantitative estimate of drug-likeness (QED) is 0.374. The van der Waals surface area contributed by atoms with E-state index in [1.54, 1.807) is 0 Å². The summed E-state index contributed by atoms with van der Waals surface area (Å²) in [5.41, 5.74) is 3.84. The maximum atomic E-state index is 4.87. The average Bonchev–Trinajstić information content (AvgIpc) is 2.98. The third kappa shape index (κ3) is 6.18. The molecule has 7 heteroatoms. The summed E-state index contributed by atoms with van der Waals surface area (Å²) in [6, 6.07) is 7.06. The van der Waals surface area contributed by atoms with E-state index in [4.69, 9.17) is 4.99 Å². The van der Waals surface area contributed by atoms with Gasteiger partial charge in [-0.1, -0.05) is 43.0 Å². The number of nitrogens with one attached hydrogen (secondary N) is 2. The van der Waals surface area contributed by atoms with Gasteiger partial charge in [-0.05, 0) is 44.7 Å². The highest BCUT2D eigenvalue weighted by atomic mass is 127. The lowest BCUT2D eigenvalue weighted by atomic mass is 9.96. The highest BCUT2D eigenvalue weighted by Gasteiger charge is 2.15. The summed E-state index contributed by atoms with van der Waals surface area (Å²) in [6.07, 6.45) is 6.37. The maximum absolute atomic E-state index is 4.87. The standard InChI is InChI=1S/C21H32N6.HI/c1-15-10-11-18(16(2)12-15)13-22-21(24-19-8-6-5-7-9-19)23-14-20-26-25-17(3)27(20)4;/h10-12,19H,5-9,13-14H2,1-4H3,(H2,22,23,24);1H. The Kier molecular flexibility index (Phi) is 8.72. The van der Waals surface area contributed by atoms with E-state index in [9.17, 15) is 0 Å². The molecule has 2 N–H and O–H groups in total. The topological polar surface area (TPSA) is 67.1 Å². The van der Waals surface area contributed by atoms with Gasteiger partial charge in [0, 0.05) is 13.1 Å². The molecule has 0 amide bonds. The molecular weight excluding hydrogens is 463 g/mol. The van der Waals surface area contributed by atoms with Gasteiger partial charge < -0.3 is 15.2 Å². The molecule has 0 saturated heterocycles. The van der Waals surface area contributed by atoms with E-state index in [0.717, 1.165) is 17.6 Å². The van der Waals surface area contributed by atoms with E-state index < -0.39 is 0 Å². The summed E-state index contributed by atoms with van der Waals surface area (Å²) in [6.45, 7) is 7.53. The second-order valence-electron chi connectivity index (χ2n) is 7.65. The van der Waals surface area contributed by atoms with E-state index in [1.165, 1.54) is 48.8 Å². The minimum absolute atomic E-state index is 0. The van der Waals surface area contributed by atoms with Gasteiger partial charge in [0.05, 0.1) is 13.1 Å². The zero-order valence-electron chi connectivity index (χ0n) is 17.5.